The third kappa shape index (κ3) is 4.83. The molecule has 1 aliphatic heterocycles. The lowest BCUT2D eigenvalue weighted by molar-refractivity contribution is -0.111. The number of halogens is 1. The molecule has 0 atom stereocenters. The van der Waals surface area contributed by atoms with Gasteiger partial charge in [0.25, 0.3) is 0 Å². The highest BCUT2D eigenvalue weighted by atomic mass is 32.2. The normalized spacial score (nSPS) is 15.6. The van der Waals surface area contributed by atoms with Gasteiger partial charge in [-0.05, 0) is 48.4 Å². The second-order valence-corrected chi connectivity index (χ2v) is 8.31. The summed E-state index contributed by atoms with van der Waals surface area (Å²) in [7, 11) is -3.54. The minimum absolute atomic E-state index is 0.200. The topological polar surface area (TPSA) is 75.7 Å². The van der Waals surface area contributed by atoms with Crippen molar-refractivity contribution in [2.24, 2.45) is 0 Å². The molecule has 0 unspecified atom stereocenters. The summed E-state index contributed by atoms with van der Waals surface area (Å²) in [6.45, 7) is 3.09. The summed E-state index contributed by atoms with van der Waals surface area (Å²) in [6, 6.07) is 10.7. The molecule has 1 amide bonds. The van der Waals surface area contributed by atoms with Crippen LogP contribution in [-0.4, -0.2) is 44.9 Å². The second kappa shape index (κ2) is 8.64. The second-order valence-electron chi connectivity index (χ2n) is 6.37. The van der Waals surface area contributed by atoms with Gasteiger partial charge in [-0.3, -0.25) is 4.79 Å². The number of ether oxygens (including phenoxy) is 1. The molecule has 0 aliphatic carbocycles. The third-order valence-electron chi connectivity index (χ3n) is 4.35. The molecule has 1 fully saturated rings. The average molecular weight is 404 g/mol. The van der Waals surface area contributed by atoms with Crippen molar-refractivity contribution in [2.45, 2.75) is 11.8 Å². The van der Waals surface area contributed by atoms with Crippen molar-refractivity contribution in [2.75, 3.05) is 31.6 Å². The van der Waals surface area contributed by atoms with E-state index in [1.54, 1.807) is 37.3 Å². The van der Waals surface area contributed by atoms with Gasteiger partial charge in [0.15, 0.2) is 0 Å². The fourth-order valence-electron chi connectivity index (χ4n) is 2.71. The van der Waals surface area contributed by atoms with E-state index in [1.807, 2.05) is 0 Å². The number of sulfonamides is 1. The monoisotopic (exact) mass is 404 g/mol. The summed E-state index contributed by atoms with van der Waals surface area (Å²) in [5, 5.41) is 2.58. The van der Waals surface area contributed by atoms with Crippen molar-refractivity contribution < 1.29 is 22.3 Å². The minimum atomic E-state index is -3.54. The Morgan fingerprint density at radius 2 is 1.82 bits per heavy atom. The fraction of sp³-hybridized carbons (Fsp3) is 0.250. The maximum atomic E-state index is 13.5. The third-order valence-corrected chi connectivity index (χ3v) is 6.27. The lowest BCUT2D eigenvalue weighted by atomic mass is 10.2. The fourth-order valence-corrected chi connectivity index (χ4v) is 4.12. The Morgan fingerprint density at radius 1 is 1.14 bits per heavy atom. The molecule has 2 aromatic carbocycles. The summed E-state index contributed by atoms with van der Waals surface area (Å²) in [6.07, 6.45) is 2.87. The van der Waals surface area contributed by atoms with Gasteiger partial charge in [0.1, 0.15) is 5.82 Å². The Labute approximate surface area is 163 Å². The number of hydrogen-bond donors (Lipinski definition) is 1. The minimum Gasteiger partial charge on any atom is -0.379 e. The number of carbonyl (C=O) groups is 1. The van der Waals surface area contributed by atoms with Gasteiger partial charge in [0, 0.05) is 24.9 Å². The first-order valence-corrected chi connectivity index (χ1v) is 10.2. The van der Waals surface area contributed by atoms with Gasteiger partial charge in [0.05, 0.1) is 18.1 Å². The zero-order chi connectivity index (χ0) is 20.1. The molecular formula is C20H21FN2O4S. The van der Waals surface area contributed by atoms with E-state index in [4.69, 9.17) is 4.74 Å². The number of amides is 1. The molecule has 28 heavy (non-hydrogen) atoms. The first kappa shape index (κ1) is 20.2. The number of benzene rings is 2. The summed E-state index contributed by atoms with van der Waals surface area (Å²) in [5.41, 5.74) is 1.54. The molecule has 3 rings (SSSR count). The van der Waals surface area contributed by atoms with Crippen molar-refractivity contribution in [3.05, 3.63) is 65.5 Å². The lowest BCUT2D eigenvalue weighted by Gasteiger charge is -2.26. The van der Waals surface area contributed by atoms with Gasteiger partial charge in [-0.1, -0.05) is 18.2 Å². The molecule has 0 saturated carbocycles. The summed E-state index contributed by atoms with van der Waals surface area (Å²) >= 11 is 0. The van der Waals surface area contributed by atoms with Crippen LogP contribution < -0.4 is 5.32 Å². The van der Waals surface area contributed by atoms with Crippen molar-refractivity contribution in [3.8, 4) is 0 Å². The summed E-state index contributed by atoms with van der Waals surface area (Å²) < 4.78 is 45.3. The average Bonchev–Trinajstić information content (AvgIpc) is 2.70. The number of nitrogens with zero attached hydrogens (tertiary/aromatic N) is 1. The molecule has 2 aromatic rings. The van der Waals surface area contributed by atoms with E-state index in [0.29, 0.717) is 43.1 Å². The number of carbonyl (C=O) groups excluding carboxylic acids is 1. The van der Waals surface area contributed by atoms with Crippen LogP contribution in [0.2, 0.25) is 0 Å². The van der Waals surface area contributed by atoms with Crippen LogP contribution >= 0.6 is 0 Å². The van der Waals surface area contributed by atoms with Gasteiger partial charge < -0.3 is 10.1 Å². The van der Waals surface area contributed by atoms with Crippen LogP contribution in [0.1, 0.15) is 11.1 Å². The number of morpholine rings is 1. The van der Waals surface area contributed by atoms with Gasteiger partial charge in [-0.25, -0.2) is 12.8 Å². The number of anilines is 1. The zero-order valence-corrected chi connectivity index (χ0v) is 16.2. The number of aryl methyl sites for hydroxylation is 1. The smallest absolute Gasteiger partial charge is 0.248 e. The predicted octanol–water partition coefficient (Wildman–Crippen LogP) is 2.81. The zero-order valence-electron chi connectivity index (χ0n) is 15.4. The highest BCUT2D eigenvalue weighted by molar-refractivity contribution is 7.89. The van der Waals surface area contributed by atoms with E-state index < -0.39 is 15.9 Å². The van der Waals surface area contributed by atoms with E-state index >= 15 is 0 Å². The van der Waals surface area contributed by atoms with E-state index in [1.165, 1.54) is 28.6 Å². The quantitative estimate of drug-likeness (QED) is 0.778. The lowest BCUT2D eigenvalue weighted by Crippen LogP contribution is -2.40. The van der Waals surface area contributed by atoms with Gasteiger partial charge >= 0.3 is 0 Å². The number of rotatable bonds is 5. The highest BCUT2D eigenvalue weighted by Crippen LogP contribution is 2.18. The van der Waals surface area contributed by atoms with Gasteiger partial charge in [0.2, 0.25) is 15.9 Å². The van der Waals surface area contributed by atoms with E-state index in [-0.39, 0.29) is 10.7 Å². The summed E-state index contributed by atoms with van der Waals surface area (Å²) in [4.78, 5) is 12.2. The van der Waals surface area contributed by atoms with Crippen LogP contribution in [0.15, 0.2) is 53.4 Å². The largest absolute Gasteiger partial charge is 0.379 e. The van der Waals surface area contributed by atoms with Crippen molar-refractivity contribution in [3.63, 3.8) is 0 Å². The Morgan fingerprint density at radius 3 is 2.46 bits per heavy atom. The Hall–Kier alpha value is -2.55. The molecular weight excluding hydrogens is 383 g/mol. The Bertz CT molecular complexity index is 982. The van der Waals surface area contributed by atoms with E-state index in [9.17, 15) is 17.6 Å². The van der Waals surface area contributed by atoms with Crippen molar-refractivity contribution in [1.29, 1.82) is 0 Å². The summed E-state index contributed by atoms with van der Waals surface area (Å²) in [5.74, 6) is -0.799. The standard InChI is InChI=1S/C20H21FN2O4S/c1-15-2-6-17(14-19(15)21)22-20(24)9-5-16-3-7-18(8-4-16)28(25,26)23-10-12-27-13-11-23/h2-9,14H,10-13H2,1H3,(H,22,24)/b9-5+. The van der Waals surface area contributed by atoms with Crippen LogP contribution in [-0.2, 0) is 19.6 Å². The van der Waals surface area contributed by atoms with E-state index in [0.717, 1.165) is 0 Å². The van der Waals surface area contributed by atoms with Crippen molar-refractivity contribution in [1.82, 2.24) is 4.31 Å². The van der Waals surface area contributed by atoms with Crippen LogP contribution in [0.25, 0.3) is 6.08 Å². The van der Waals surface area contributed by atoms with Crippen molar-refractivity contribution >= 4 is 27.7 Å². The number of hydrogen-bond acceptors (Lipinski definition) is 4. The van der Waals surface area contributed by atoms with Crippen LogP contribution in [0.3, 0.4) is 0 Å². The van der Waals surface area contributed by atoms with Crippen LogP contribution in [0, 0.1) is 12.7 Å². The molecule has 0 spiro atoms. The molecule has 1 heterocycles. The molecule has 1 N–H and O–H groups in total. The molecule has 0 aromatic heterocycles. The predicted molar refractivity (Wildman–Crippen MR) is 105 cm³/mol. The van der Waals surface area contributed by atoms with E-state index in [2.05, 4.69) is 5.32 Å². The van der Waals surface area contributed by atoms with Gasteiger partial charge in [-0.15, -0.1) is 0 Å². The van der Waals surface area contributed by atoms with Crippen LogP contribution in [0.5, 0.6) is 0 Å². The van der Waals surface area contributed by atoms with Crippen LogP contribution in [0.4, 0.5) is 10.1 Å². The maximum absolute atomic E-state index is 13.5. The highest BCUT2D eigenvalue weighted by Gasteiger charge is 2.25. The molecule has 1 saturated heterocycles. The molecule has 0 radical (unpaired) electrons. The molecule has 0 bridgehead atoms. The Kier molecular flexibility index (Phi) is 6.23. The number of nitrogens with one attached hydrogen (secondary N) is 1. The first-order valence-electron chi connectivity index (χ1n) is 8.79. The SMILES string of the molecule is Cc1ccc(NC(=O)/C=C/c2ccc(S(=O)(=O)N3CCOCC3)cc2)cc1F. The Balaban J connectivity index is 1.64. The molecule has 8 heteroatoms. The molecule has 6 nitrogen and oxygen atoms in total. The molecule has 1 aliphatic rings. The van der Waals surface area contributed by atoms with Gasteiger partial charge in [-0.2, -0.15) is 4.31 Å². The molecule has 148 valence electrons. The maximum Gasteiger partial charge on any atom is 0.248 e. The first-order chi connectivity index (χ1) is 13.4.